The molecule has 172 valence electrons. The normalized spacial score (nSPS) is 13.3. The minimum absolute atomic E-state index is 0.0353. The predicted octanol–water partition coefficient (Wildman–Crippen LogP) is 5.07. The van der Waals surface area contributed by atoms with Crippen molar-refractivity contribution in [3.63, 3.8) is 0 Å². The van der Waals surface area contributed by atoms with E-state index in [9.17, 15) is 14.0 Å². The van der Waals surface area contributed by atoms with Crippen LogP contribution in [-0.2, 0) is 17.9 Å². The van der Waals surface area contributed by atoms with E-state index in [2.05, 4.69) is 5.32 Å². The standard InChI is InChI=1S/C26H28FN3O3/c1-29(2)23-12-11-22(28-25(31)19-7-4-8-19)15-20(23)17-30(26(32)24-10-5-13-33-24)16-18-6-3-9-21(27)14-18/h3,5-6,9-15,19H,4,7-8,16-17H2,1-2H3,(H,28,31). The topological polar surface area (TPSA) is 65.8 Å². The van der Waals surface area contributed by atoms with Gasteiger partial charge in [-0.1, -0.05) is 18.6 Å². The van der Waals surface area contributed by atoms with Crippen LogP contribution in [0.15, 0.2) is 65.3 Å². The number of halogens is 1. The van der Waals surface area contributed by atoms with Crippen LogP contribution < -0.4 is 10.2 Å². The van der Waals surface area contributed by atoms with Crippen LogP contribution in [0.25, 0.3) is 0 Å². The van der Waals surface area contributed by atoms with Crippen LogP contribution in [0.5, 0.6) is 0 Å². The summed E-state index contributed by atoms with van der Waals surface area (Å²) in [5, 5.41) is 3.01. The summed E-state index contributed by atoms with van der Waals surface area (Å²) in [6.07, 6.45) is 4.39. The van der Waals surface area contributed by atoms with Crippen LogP contribution in [0.4, 0.5) is 15.8 Å². The van der Waals surface area contributed by atoms with E-state index in [4.69, 9.17) is 4.42 Å². The van der Waals surface area contributed by atoms with E-state index in [0.29, 0.717) is 11.3 Å². The molecule has 1 aromatic heterocycles. The van der Waals surface area contributed by atoms with Gasteiger partial charge >= 0.3 is 0 Å². The van der Waals surface area contributed by atoms with Gasteiger partial charge in [0, 0.05) is 44.5 Å². The highest BCUT2D eigenvalue weighted by Crippen LogP contribution is 2.30. The fourth-order valence-electron chi connectivity index (χ4n) is 3.96. The SMILES string of the molecule is CN(C)c1ccc(NC(=O)C2CCC2)cc1CN(Cc1cccc(F)c1)C(=O)c1ccco1. The molecule has 2 amide bonds. The summed E-state index contributed by atoms with van der Waals surface area (Å²) in [6.45, 7) is 0.472. The second kappa shape index (κ2) is 9.90. The summed E-state index contributed by atoms with van der Waals surface area (Å²) >= 11 is 0. The summed E-state index contributed by atoms with van der Waals surface area (Å²) in [4.78, 5) is 29.3. The molecular weight excluding hydrogens is 421 g/mol. The number of carbonyl (C=O) groups excluding carboxylic acids is 2. The monoisotopic (exact) mass is 449 g/mol. The zero-order valence-corrected chi connectivity index (χ0v) is 18.9. The number of anilines is 2. The average molecular weight is 450 g/mol. The lowest BCUT2D eigenvalue weighted by molar-refractivity contribution is -0.122. The number of hydrogen-bond acceptors (Lipinski definition) is 4. The maximum Gasteiger partial charge on any atom is 0.290 e. The number of hydrogen-bond donors (Lipinski definition) is 1. The molecule has 1 saturated carbocycles. The molecule has 2 aromatic carbocycles. The molecule has 4 rings (SSSR count). The molecule has 1 fully saturated rings. The molecule has 1 heterocycles. The Morgan fingerprint density at radius 1 is 1.06 bits per heavy atom. The molecule has 1 aliphatic carbocycles. The predicted molar refractivity (Wildman–Crippen MR) is 125 cm³/mol. The third-order valence-corrected chi connectivity index (χ3v) is 5.95. The lowest BCUT2D eigenvalue weighted by Gasteiger charge is -2.27. The Morgan fingerprint density at radius 3 is 2.52 bits per heavy atom. The number of amides is 2. The van der Waals surface area contributed by atoms with Gasteiger partial charge in [0.2, 0.25) is 5.91 Å². The summed E-state index contributed by atoms with van der Waals surface area (Å²) in [7, 11) is 3.85. The molecule has 0 bridgehead atoms. The molecule has 33 heavy (non-hydrogen) atoms. The number of nitrogens with one attached hydrogen (secondary N) is 1. The van der Waals surface area contributed by atoms with E-state index in [0.717, 1.165) is 30.5 Å². The van der Waals surface area contributed by atoms with Crippen molar-refractivity contribution >= 4 is 23.2 Å². The molecule has 0 saturated heterocycles. The minimum atomic E-state index is -0.354. The highest BCUT2D eigenvalue weighted by molar-refractivity contribution is 5.93. The van der Waals surface area contributed by atoms with Gasteiger partial charge in [0.1, 0.15) is 5.82 Å². The first-order valence-corrected chi connectivity index (χ1v) is 11.1. The first kappa shape index (κ1) is 22.6. The third-order valence-electron chi connectivity index (χ3n) is 5.95. The van der Waals surface area contributed by atoms with Gasteiger partial charge in [0.15, 0.2) is 5.76 Å². The van der Waals surface area contributed by atoms with Gasteiger partial charge in [0.25, 0.3) is 5.91 Å². The third kappa shape index (κ3) is 5.42. The number of carbonyl (C=O) groups is 2. The fourth-order valence-corrected chi connectivity index (χ4v) is 3.96. The maximum atomic E-state index is 13.8. The lowest BCUT2D eigenvalue weighted by Crippen LogP contribution is -2.31. The van der Waals surface area contributed by atoms with Gasteiger partial charge in [0.05, 0.1) is 6.26 Å². The largest absolute Gasteiger partial charge is 0.459 e. The van der Waals surface area contributed by atoms with Gasteiger partial charge in [-0.25, -0.2) is 4.39 Å². The summed E-state index contributed by atoms with van der Waals surface area (Å²) in [6, 6.07) is 15.2. The van der Waals surface area contributed by atoms with E-state index in [1.54, 1.807) is 29.2 Å². The van der Waals surface area contributed by atoms with Crippen molar-refractivity contribution in [3.8, 4) is 0 Å². The molecular formula is C26H28FN3O3. The second-order valence-corrected chi connectivity index (χ2v) is 8.62. The van der Waals surface area contributed by atoms with Crippen molar-refractivity contribution in [2.75, 3.05) is 24.3 Å². The zero-order valence-electron chi connectivity index (χ0n) is 18.9. The number of nitrogens with zero attached hydrogens (tertiary/aromatic N) is 2. The van der Waals surface area contributed by atoms with Gasteiger partial charge in [-0.15, -0.1) is 0 Å². The quantitative estimate of drug-likeness (QED) is 0.522. The molecule has 1 N–H and O–H groups in total. The van der Waals surface area contributed by atoms with E-state index in [-0.39, 0.29) is 42.4 Å². The smallest absolute Gasteiger partial charge is 0.290 e. The second-order valence-electron chi connectivity index (χ2n) is 8.62. The molecule has 3 aromatic rings. The molecule has 0 atom stereocenters. The molecule has 0 unspecified atom stereocenters. The van der Waals surface area contributed by atoms with Gasteiger partial charge in [-0.3, -0.25) is 9.59 Å². The Morgan fingerprint density at radius 2 is 1.88 bits per heavy atom. The summed E-state index contributed by atoms with van der Waals surface area (Å²) < 4.78 is 19.1. The Bertz CT molecular complexity index is 1120. The highest BCUT2D eigenvalue weighted by Gasteiger charge is 2.26. The van der Waals surface area contributed by atoms with Gasteiger partial charge in [-0.05, 0) is 66.4 Å². The van der Waals surface area contributed by atoms with Crippen molar-refractivity contribution in [2.24, 2.45) is 5.92 Å². The van der Waals surface area contributed by atoms with E-state index < -0.39 is 0 Å². The van der Waals surface area contributed by atoms with Crippen LogP contribution in [-0.4, -0.2) is 30.8 Å². The zero-order chi connectivity index (χ0) is 23.4. The van der Waals surface area contributed by atoms with Crippen LogP contribution in [0.2, 0.25) is 0 Å². The first-order valence-electron chi connectivity index (χ1n) is 11.1. The van der Waals surface area contributed by atoms with Crippen molar-refractivity contribution in [1.82, 2.24) is 4.90 Å². The van der Waals surface area contributed by atoms with Crippen molar-refractivity contribution in [1.29, 1.82) is 0 Å². The highest BCUT2D eigenvalue weighted by atomic mass is 19.1. The van der Waals surface area contributed by atoms with Gasteiger partial charge in [-0.2, -0.15) is 0 Å². The average Bonchev–Trinajstić information content (AvgIpc) is 3.26. The van der Waals surface area contributed by atoms with Crippen molar-refractivity contribution < 1.29 is 18.4 Å². The molecule has 1 aliphatic rings. The Kier molecular flexibility index (Phi) is 6.77. The molecule has 6 nitrogen and oxygen atoms in total. The Labute approximate surface area is 193 Å². The number of rotatable bonds is 8. The maximum absolute atomic E-state index is 13.8. The first-order chi connectivity index (χ1) is 15.9. The molecule has 7 heteroatoms. The number of benzene rings is 2. The van der Waals surface area contributed by atoms with Crippen LogP contribution in [0.3, 0.4) is 0 Å². The Hall–Kier alpha value is -3.61. The van der Waals surface area contributed by atoms with E-state index in [1.165, 1.54) is 18.4 Å². The number of furan rings is 1. The lowest BCUT2D eigenvalue weighted by atomic mass is 9.85. The van der Waals surface area contributed by atoms with Crippen LogP contribution in [0.1, 0.15) is 40.9 Å². The Balaban J connectivity index is 1.63. The molecule has 0 radical (unpaired) electrons. The van der Waals surface area contributed by atoms with Crippen LogP contribution in [0, 0.1) is 11.7 Å². The van der Waals surface area contributed by atoms with E-state index in [1.807, 2.05) is 37.2 Å². The summed E-state index contributed by atoms with van der Waals surface area (Å²) in [5.41, 5.74) is 3.16. The van der Waals surface area contributed by atoms with Gasteiger partial charge < -0.3 is 19.5 Å². The summed E-state index contributed by atoms with van der Waals surface area (Å²) in [5.74, 6) is -0.322. The van der Waals surface area contributed by atoms with Crippen molar-refractivity contribution in [2.45, 2.75) is 32.4 Å². The van der Waals surface area contributed by atoms with E-state index >= 15 is 0 Å². The molecule has 0 aliphatic heterocycles. The minimum Gasteiger partial charge on any atom is -0.459 e. The van der Waals surface area contributed by atoms with Crippen molar-refractivity contribution in [3.05, 3.63) is 83.6 Å². The molecule has 0 spiro atoms. The fraction of sp³-hybridized carbons (Fsp3) is 0.308. The van der Waals surface area contributed by atoms with Crippen LogP contribution >= 0.6 is 0 Å².